The summed E-state index contributed by atoms with van der Waals surface area (Å²) in [6, 6.07) is 0. The Morgan fingerprint density at radius 2 is 1.28 bits per heavy atom. The molecule has 0 amide bonds. The number of hydrogen-bond donors (Lipinski definition) is 3. The topological polar surface area (TPSA) is 124 Å². The minimum absolute atomic E-state index is 0.490. The predicted octanol–water partition coefficient (Wildman–Crippen LogP) is 4.26. The van der Waals surface area contributed by atoms with E-state index in [0.29, 0.717) is 6.61 Å². The van der Waals surface area contributed by atoms with Gasteiger partial charge in [0.2, 0.25) is 0 Å². The molecule has 0 aliphatic rings. The largest absolute Gasteiger partial charge is 0.466 e. The molecule has 0 saturated heterocycles. The molecule has 0 atom stereocenters. The summed E-state index contributed by atoms with van der Waals surface area (Å²) < 4.78 is 8.88. The van der Waals surface area contributed by atoms with Crippen molar-refractivity contribution in [3.05, 3.63) is 12.3 Å². The van der Waals surface area contributed by atoms with Gasteiger partial charge in [-0.25, -0.2) is 9.45 Å². The molecule has 0 unspecified atom stereocenters. The van der Waals surface area contributed by atoms with E-state index in [1.54, 1.807) is 13.0 Å². The van der Waals surface area contributed by atoms with E-state index in [1.807, 2.05) is 0 Å². The summed E-state index contributed by atoms with van der Waals surface area (Å²) in [6.07, 6.45) is 15.8. The molecule has 0 aromatic heterocycles. The first kappa shape index (κ1) is 26.7. The van der Waals surface area contributed by atoms with E-state index in [4.69, 9.17) is 24.1 Å². The SMILES string of the molecule is CC=COOOOOCCCCCCCCCCCC.O=P(O)(O)O. The molecule has 0 radical (unpaired) electrons. The van der Waals surface area contributed by atoms with Crippen LogP contribution >= 0.6 is 7.82 Å². The highest BCUT2D eigenvalue weighted by Crippen LogP contribution is 2.25. The fourth-order valence-corrected chi connectivity index (χ4v) is 1.81. The van der Waals surface area contributed by atoms with E-state index in [2.05, 4.69) is 26.9 Å². The van der Waals surface area contributed by atoms with Crippen molar-refractivity contribution in [2.45, 2.75) is 78.1 Å². The van der Waals surface area contributed by atoms with Gasteiger partial charge < -0.3 is 19.6 Å². The minimum Gasteiger partial charge on any atom is -0.314 e. The van der Waals surface area contributed by atoms with Gasteiger partial charge in [0.05, 0.1) is 6.61 Å². The van der Waals surface area contributed by atoms with Crippen LogP contribution in [0.3, 0.4) is 0 Å². The highest BCUT2D eigenvalue weighted by molar-refractivity contribution is 7.45. The van der Waals surface area contributed by atoms with E-state index >= 15 is 0 Å². The molecule has 10 heteroatoms. The lowest BCUT2D eigenvalue weighted by molar-refractivity contribution is -0.700. The van der Waals surface area contributed by atoms with Gasteiger partial charge in [-0.05, 0) is 24.5 Å². The van der Waals surface area contributed by atoms with Crippen molar-refractivity contribution >= 4 is 7.82 Å². The second-order valence-electron chi connectivity index (χ2n) is 5.29. The van der Waals surface area contributed by atoms with Crippen LogP contribution in [-0.4, -0.2) is 21.3 Å². The van der Waals surface area contributed by atoms with E-state index in [1.165, 1.54) is 57.6 Å². The average Bonchev–Trinajstić information content (AvgIpc) is 2.53. The van der Waals surface area contributed by atoms with Gasteiger partial charge in [-0.15, -0.1) is 0 Å². The predicted molar refractivity (Wildman–Crippen MR) is 91.2 cm³/mol. The molecule has 3 N–H and O–H groups in total. The molecule has 152 valence electrons. The van der Waals surface area contributed by atoms with Crippen molar-refractivity contribution in [1.29, 1.82) is 0 Å². The van der Waals surface area contributed by atoms with Gasteiger partial charge in [-0.3, -0.25) is 0 Å². The lowest BCUT2D eigenvalue weighted by Gasteiger charge is -2.02. The highest BCUT2D eigenvalue weighted by atomic mass is 31.2. The van der Waals surface area contributed by atoms with E-state index in [-0.39, 0.29) is 0 Å². The number of phosphoric acid groups is 1. The maximum atomic E-state index is 8.88. The Morgan fingerprint density at radius 1 is 0.800 bits per heavy atom. The van der Waals surface area contributed by atoms with Crippen molar-refractivity contribution in [3.63, 3.8) is 0 Å². The highest BCUT2D eigenvalue weighted by Gasteiger charge is 2.00. The van der Waals surface area contributed by atoms with Crippen molar-refractivity contribution in [2.75, 3.05) is 6.61 Å². The summed E-state index contributed by atoms with van der Waals surface area (Å²) in [6.45, 7) is 4.52. The standard InChI is InChI=1S/C15H30O5.H3O4P/c1-3-5-6-7-8-9-10-11-12-13-15-17-19-20-18-16-14-4-2;1-5(2,3)4/h4,14H,3,5-13,15H2,1-2H3;(H3,1,2,3,4). The first-order valence-electron chi connectivity index (χ1n) is 8.59. The number of hydrogen-bond acceptors (Lipinski definition) is 6. The fraction of sp³-hybridized carbons (Fsp3) is 0.867. The zero-order valence-electron chi connectivity index (χ0n) is 15.2. The van der Waals surface area contributed by atoms with Gasteiger partial charge >= 0.3 is 7.82 Å². The molecule has 0 heterocycles. The van der Waals surface area contributed by atoms with Gasteiger partial charge in [0.1, 0.15) is 6.26 Å². The summed E-state index contributed by atoms with van der Waals surface area (Å²) in [5.41, 5.74) is 0. The van der Waals surface area contributed by atoms with Crippen LogP contribution < -0.4 is 0 Å². The summed E-state index contributed by atoms with van der Waals surface area (Å²) in [5, 5.41) is 12.6. The first-order valence-corrected chi connectivity index (χ1v) is 10.2. The summed E-state index contributed by atoms with van der Waals surface area (Å²) in [4.78, 5) is 30.7. The molecule has 0 aromatic carbocycles. The Morgan fingerprint density at radius 3 is 1.76 bits per heavy atom. The van der Waals surface area contributed by atoms with Gasteiger partial charge in [0.25, 0.3) is 0 Å². The molecule has 0 rings (SSSR count). The molecule has 0 aliphatic heterocycles. The van der Waals surface area contributed by atoms with Crippen LogP contribution in [0.25, 0.3) is 0 Å². The number of rotatable bonds is 16. The molecule has 0 bridgehead atoms. The summed E-state index contributed by atoms with van der Waals surface area (Å²) >= 11 is 0. The Hall–Kier alpha value is -0.510. The molecular weight excluding hydrogens is 355 g/mol. The molecule has 0 fully saturated rings. The fourth-order valence-electron chi connectivity index (χ4n) is 1.81. The third-order valence-electron chi connectivity index (χ3n) is 2.92. The quantitative estimate of drug-likeness (QED) is 0.117. The van der Waals surface area contributed by atoms with Crippen LogP contribution in [0.1, 0.15) is 78.1 Å². The van der Waals surface area contributed by atoms with Crippen LogP contribution in [-0.2, 0) is 29.5 Å². The van der Waals surface area contributed by atoms with E-state index in [9.17, 15) is 0 Å². The van der Waals surface area contributed by atoms with E-state index < -0.39 is 7.82 Å². The lowest BCUT2D eigenvalue weighted by Crippen LogP contribution is -1.99. The lowest BCUT2D eigenvalue weighted by atomic mass is 10.1. The Bertz CT molecular complexity index is 312. The monoisotopic (exact) mass is 388 g/mol. The van der Waals surface area contributed by atoms with Crippen LogP contribution in [0.15, 0.2) is 12.3 Å². The molecule has 25 heavy (non-hydrogen) atoms. The van der Waals surface area contributed by atoms with Gasteiger partial charge in [0.15, 0.2) is 0 Å². The first-order chi connectivity index (χ1) is 11.9. The third-order valence-corrected chi connectivity index (χ3v) is 2.92. The van der Waals surface area contributed by atoms with Crippen LogP contribution in [0, 0.1) is 0 Å². The Labute approximate surface area is 149 Å². The van der Waals surface area contributed by atoms with Gasteiger partial charge in [-0.2, -0.15) is 0 Å². The van der Waals surface area contributed by atoms with E-state index in [0.717, 1.165) is 12.8 Å². The zero-order valence-corrected chi connectivity index (χ0v) is 16.1. The molecular formula is C15H33O9P. The number of allylic oxidation sites excluding steroid dienone is 1. The minimum atomic E-state index is -4.64. The molecule has 0 aliphatic carbocycles. The maximum absolute atomic E-state index is 8.88. The maximum Gasteiger partial charge on any atom is 0.466 e. The zero-order chi connectivity index (χ0) is 19.2. The second kappa shape index (κ2) is 21.5. The molecule has 0 saturated carbocycles. The van der Waals surface area contributed by atoms with Crippen LogP contribution in [0.2, 0.25) is 0 Å². The van der Waals surface area contributed by atoms with Gasteiger partial charge in [-0.1, -0.05) is 64.7 Å². The second-order valence-corrected chi connectivity index (χ2v) is 6.31. The van der Waals surface area contributed by atoms with Crippen LogP contribution in [0.4, 0.5) is 0 Å². The Balaban J connectivity index is 0. The smallest absolute Gasteiger partial charge is 0.314 e. The third kappa shape index (κ3) is 39.9. The molecule has 0 spiro atoms. The van der Waals surface area contributed by atoms with Crippen LogP contribution in [0.5, 0.6) is 0 Å². The van der Waals surface area contributed by atoms with Crippen molar-refractivity contribution in [2.24, 2.45) is 0 Å². The van der Waals surface area contributed by atoms with Crippen molar-refractivity contribution < 1.29 is 44.1 Å². The average molecular weight is 388 g/mol. The molecule has 9 nitrogen and oxygen atoms in total. The van der Waals surface area contributed by atoms with Crippen molar-refractivity contribution in [1.82, 2.24) is 0 Å². The Kier molecular flexibility index (Phi) is 23.0. The summed E-state index contributed by atoms with van der Waals surface area (Å²) in [7, 11) is -4.64. The number of unbranched alkanes of at least 4 members (excludes halogenated alkanes) is 9. The molecule has 0 aromatic rings. The normalized spacial score (nSPS) is 11.4. The van der Waals surface area contributed by atoms with Crippen molar-refractivity contribution in [3.8, 4) is 0 Å². The van der Waals surface area contributed by atoms with Gasteiger partial charge in [0, 0.05) is 10.1 Å². The summed E-state index contributed by atoms with van der Waals surface area (Å²) in [5.74, 6) is 0.